The van der Waals surface area contributed by atoms with Crippen LogP contribution in [0.3, 0.4) is 0 Å². The third kappa shape index (κ3) is 2.43. The molecule has 0 radical (unpaired) electrons. The Morgan fingerprint density at radius 1 is 1.31 bits per heavy atom. The molecule has 1 fully saturated rings. The van der Waals surface area contributed by atoms with Gasteiger partial charge in [-0.3, -0.25) is 0 Å². The predicted molar refractivity (Wildman–Crippen MR) is 64.5 cm³/mol. The minimum atomic E-state index is -0.313. The maximum atomic E-state index is 13.2. The van der Waals surface area contributed by atoms with Crippen molar-refractivity contribution in [2.45, 2.75) is 44.6 Å². The zero-order chi connectivity index (χ0) is 11.6. The molecule has 2 N–H and O–H groups in total. The van der Waals surface area contributed by atoms with Crippen LogP contribution in [0.4, 0.5) is 4.39 Å². The predicted octanol–water partition coefficient (Wildman–Crippen LogP) is 3.58. The fourth-order valence-corrected chi connectivity index (χ4v) is 2.63. The van der Waals surface area contributed by atoms with Crippen LogP contribution in [0, 0.1) is 11.7 Å². The summed E-state index contributed by atoms with van der Waals surface area (Å²) in [5.74, 6) is 0.568. The molecule has 0 aromatic heterocycles. The van der Waals surface area contributed by atoms with Crippen molar-refractivity contribution in [2.75, 3.05) is 0 Å². The third-order valence-electron chi connectivity index (χ3n) is 3.80. The minimum Gasteiger partial charge on any atom is -0.321 e. The summed E-state index contributed by atoms with van der Waals surface area (Å²) < 4.78 is 13.2. The zero-order valence-corrected chi connectivity index (χ0v) is 9.88. The van der Waals surface area contributed by atoms with Crippen molar-refractivity contribution in [3.05, 3.63) is 35.6 Å². The second-order valence-electron chi connectivity index (χ2n) is 5.20. The van der Waals surface area contributed by atoms with Crippen LogP contribution in [0.1, 0.15) is 44.6 Å². The lowest BCUT2D eigenvalue weighted by atomic mass is 9.83. The van der Waals surface area contributed by atoms with Gasteiger partial charge >= 0.3 is 0 Å². The Morgan fingerprint density at radius 2 is 2.12 bits per heavy atom. The van der Waals surface area contributed by atoms with Crippen LogP contribution in [0.25, 0.3) is 0 Å². The Hall–Kier alpha value is -0.890. The van der Waals surface area contributed by atoms with Crippen LogP contribution in [-0.4, -0.2) is 0 Å². The van der Waals surface area contributed by atoms with E-state index in [0.717, 1.165) is 37.2 Å². The molecule has 1 aliphatic rings. The molecule has 2 atom stereocenters. The molecule has 0 bridgehead atoms. The van der Waals surface area contributed by atoms with E-state index in [1.165, 1.54) is 12.5 Å². The average Bonchev–Trinajstić information content (AvgIpc) is 2.42. The number of hydrogen-bond acceptors (Lipinski definition) is 1. The topological polar surface area (TPSA) is 26.0 Å². The van der Waals surface area contributed by atoms with E-state index < -0.39 is 0 Å². The van der Waals surface area contributed by atoms with Crippen molar-refractivity contribution >= 4 is 0 Å². The largest absolute Gasteiger partial charge is 0.321 e. The van der Waals surface area contributed by atoms with E-state index in [-0.39, 0.29) is 11.4 Å². The van der Waals surface area contributed by atoms with Gasteiger partial charge in [-0.05, 0) is 42.9 Å². The van der Waals surface area contributed by atoms with Crippen LogP contribution in [-0.2, 0) is 5.54 Å². The van der Waals surface area contributed by atoms with Gasteiger partial charge in [0.25, 0.3) is 0 Å². The van der Waals surface area contributed by atoms with Gasteiger partial charge in [0, 0.05) is 5.54 Å². The third-order valence-corrected chi connectivity index (χ3v) is 3.80. The molecule has 0 heterocycles. The second-order valence-corrected chi connectivity index (χ2v) is 5.20. The quantitative estimate of drug-likeness (QED) is 0.721. The highest BCUT2D eigenvalue weighted by molar-refractivity contribution is 5.25. The zero-order valence-electron chi connectivity index (χ0n) is 9.88. The standard InChI is InChI=1S/C14H20FN/c1-11-4-3-8-14(16,9-7-11)12-5-2-6-13(15)10-12/h2,5-6,10-11H,3-4,7-9,16H2,1H3. The Morgan fingerprint density at radius 3 is 2.88 bits per heavy atom. The van der Waals surface area contributed by atoms with Gasteiger partial charge in [0.1, 0.15) is 5.82 Å². The maximum absolute atomic E-state index is 13.2. The lowest BCUT2D eigenvalue weighted by molar-refractivity contribution is 0.376. The average molecular weight is 221 g/mol. The Bertz CT molecular complexity index is 364. The van der Waals surface area contributed by atoms with Gasteiger partial charge in [0.15, 0.2) is 0 Å². The molecule has 2 rings (SSSR count). The first-order valence-corrected chi connectivity index (χ1v) is 6.15. The molecule has 0 saturated heterocycles. The highest BCUT2D eigenvalue weighted by Crippen LogP contribution is 2.35. The van der Waals surface area contributed by atoms with E-state index in [2.05, 4.69) is 6.92 Å². The minimum absolute atomic E-state index is 0.181. The smallest absolute Gasteiger partial charge is 0.123 e. The molecule has 1 aromatic carbocycles. The van der Waals surface area contributed by atoms with Gasteiger partial charge in [-0.25, -0.2) is 4.39 Å². The lowest BCUT2D eigenvalue weighted by Crippen LogP contribution is -2.36. The molecule has 1 saturated carbocycles. The van der Waals surface area contributed by atoms with Crippen LogP contribution in [0.15, 0.2) is 24.3 Å². The van der Waals surface area contributed by atoms with Gasteiger partial charge in [-0.1, -0.05) is 31.9 Å². The van der Waals surface area contributed by atoms with Gasteiger partial charge in [-0.2, -0.15) is 0 Å². The monoisotopic (exact) mass is 221 g/mol. The van der Waals surface area contributed by atoms with Gasteiger partial charge in [0.2, 0.25) is 0 Å². The van der Waals surface area contributed by atoms with Crippen molar-refractivity contribution in [1.29, 1.82) is 0 Å². The van der Waals surface area contributed by atoms with Crippen LogP contribution >= 0.6 is 0 Å². The number of halogens is 1. The molecule has 2 heteroatoms. The fraction of sp³-hybridized carbons (Fsp3) is 0.571. The summed E-state index contributed by atoms with van der Waals surface area (Å²) in [4.78, 5) is 0. The maximum Gasteiger partial charge on any atom is 0.123 e. The molecule has 0 spiro atoms. The Balaban J connectivity index is 2.23. The van der Waals surface area contributed by atoms with E-state index in [0.29, 0.717) is 0 Å². The summed E-state index contributed by atoms with van der Waals surface area (Å²) in [6.07, 6.45) is 5.48. The molecule has 1 aromatic rings. The number of hydrogen-bond donors (Lipinski definition) is 1. The normalized spacial score (nSPS) is 31.1. The van der Waals surface area contributed by atoms with Crippen molar-refractivity contribution in [3.63, 3.8) is 0 Å². The van der Waals surface area contributed by atoms with Gasteiger partial charge < -0.3 is 5.73 Å². The molecule has 1 nitrogen and oxygen atoms in total. The van der Waals surface area contributed by atoms with Crippen molar-refractivity contribution in [2.24, 2.45) is 11.7 Å². The van der Waals surface area contributed by atoms with Gasteiger partial charge in [-0.15, -0.1) is 0 Å². The van der Waals surface area contributed by atoms with Crippen LogP contribution in [0.5, 0.6) is 0 Å². The van der Waals surface area contributed by atoms with E-state index in [9.17, 15) is 4.39 Å². The van der Waals surface area contributed by atoms with Crippen LogP contribution in [0.2, 0.25) is 0 Å². The van der Waals surface area contributed by atoms with Crippen molar-refractivity contribution < 1.29 is 4.39 Å². The van der Waals surface area contributed by atoms with Crippen LogP contribution < -0.4 is 5.73 Å². The highest BCUT2D eigenvalue weighted by atomic mass is 19.1. The SMILES string of the molecule is CC1CCCC(N)(c2cccc(F)c2)CC1. The number of benzene rings is 1. The molecule has 16 heavy (non-hydrogen) atoms. The summed E-state index contributed by atoms with van der Waals surface area (Å²) in [6, 6.07) is 6.79. The molecule has 0 aliphatic heterocycles. The summed E-state index contributed by atoms with van der Waals surface area (Å²) >= 11 is 0. The van der Waals surface area contributed by atoms with E-state index in [4.69, 9.17) is 5.73 Å². The molecular formula is C14H20FN. The van der Waals surface area contributed by atoms with Crippen molar-refractivity contribution in [1.82, 2.24) is 0 Å². The van der Waals surface area contributed by atoms with Gasteiger partial charge in [0.05, 0.1) is 0 Å². The fourth-order valence-electron chi connectivity index (χ4n) is 2.63. The van der Waals surface area contributed by atoms with E-state index in [1.54, 1.807) is 12.1 Å². The number of nitrogens with two attached hydrogens (primary N) is 1. The Kier molecular flexibility index (Phi) is 3.29. The first-order chi connectivity index (χ1) is 7.60. The second kappa shape index (κ2) is 4.54. The number of rotatable bonds is 1. The van der Waals surface area contributed by atoms with Crippen molar-refractivity contribution in [3.8, 4) is 0 Å². The van der Waals surface area contributed by atoms with E-state index in [1.807, 2.05) is 6.07 Å². The summed E-state index contributed by atoms with van der Waals surface area (Å²) in [7, 11) is 0. The molecule has 0 amide bonds. The summed E-state index contributed by atoms with van der Waals surface area (Å²) in [5.41, 5.74) is 7.09. The lowest BCUT2D eigenvalue weighted by Gasteiger charge is -2.28. The molecule has 88 valence electrons. The molecule has 2 unspecified atom stereocenters. The summed E-state index contributed by atoms with van der Waals surface area (Å²) in [6.45, 7) is 2.28. The van der Waals surface area contributed by atoms with E-state index >= 15 is 0 Å². The Labute approximate surface area is 96.9 Å². The first-order valence-electron chi connectivity index (χ1n) is 6.15. The summed E-state index contributed by atoms with van der Waals surface area (Å²) in [5, 5.41) is 0. The molecular weight excluding hydrogens is 201 g/mol. The molecule has 1 aliphatic carbocycles. The highest BCUT2D eigenvalue weighted by Gasteiger charge is 2.30. The first kappa shape index (κ1) is 11.6.